The number of hydrogen-bond donors (Lipinski definition) is 3. The monoisotopic (exact) mass is 259 g/mol. The highest BCUT2D eigenvalue weighted by Gasteiger charge is 2.42. The van der Waals surface area contributed by atoms with Gasteiger partial charge < -0.3 is 15.7 Å². The molecule has 0 unspecified atom stereocenters. The number of carbonyl (C=O) groups excluding carboxylic acids is 1. The Morgan fingerprint density at radius 3 is 3.31 bits per heavy atom. The predicted octanol–water partition coefficient (Wildman–Crippen LogP) is 0.797. The van der Waals surface area contributed by atoms with Crippen molar-refractivity contribution in [1.29, 1.82) is 0 Å². The van der Waals surface area contributed by atoms with Crippen molar-refractivity contribution in [3.63, 3.8) is 0 Å². The molecule has 0 aromatic carbocycles. The molecule has 2 aliphatic heterocycles. The van der Waals surface area contributed by atoms with Crippen LogP contribution in [0.25, 0.3) is 0 Å². The van der Waals surface area contributed by atoms with E-state index in [2.05, 4.69) is 0 Å². The summed E-state index contributed by atoms with van der Waals surface area (Å²) >= 11 is -0.564. The van der Waals surface area contributed by atoms with E-state index in [0.717, 1.165) is 0 Å². The summed E-state index contributed by atoms with van der Waals surface area (Å²) in [6.07, 6.45) is -16.8. The Hall–Kier alpha value is -0.910. The lowest BCUT2D eigenvalue weighted by molar-refractivity contribution is -0.137. The highest BCUT2D eigenvalue weighted by molar-refractivity contribution is 8.00. The number of thioether (sulfide) groups is 1. The van der Waals surface area contributed by atoms with Gasteiger partial charge in [-0.05, 0) is 12.7 Å². The van der Waals surface area contributed by atoms with Gasteiger partial charge in [-0.15, -0.1) is 0 Å². The van der Waals surface area contributed by atoms with Gasteiger partial charge in [-0.2, -0.15) is 11.8 Å². The first-order valence-electron chi connectivity index (χ1n) is 11.3. The topological polar surface area (TPSA) is 78.4 Å². The van der Waals surface area contributed by atoms with Gasteiger partial charge in [0.15, 0.2) is 2.82 Å². The summed E-state index contributed by atoms with van der Waals surface area (Å²) in [4.78, 5) is 23.3. The van der Waals surface area contributed by atoms with Crippen molar-refractivity contribution in [3.8, 4) is 0 Å². The zero-order valence-electron chi connectivity index (χ0n) is 22.6. The minimum absolute atomic E-state index is 0.479. The van der Waals surface area contributed by atoms with Crippen LogP contribution in [0, 0.1) is 0 Å². The molecule has 2 amide bonds. The van der Waals surface area contributed by atoms with Crippen LogP contribution in [-0.4, -0.2) is 40.1 Å². The second kappa shape index (κ2) is 4.95. The summed E-state index contributed by atoms with van der Waals surface area (Å²) in [5, 5.41) is 4.17. The second-order valence-electron chi connectivity index (χ2n) is 2.54. The minimum Gasteiger partial charge on any atom is -0.481 e. The number of fused-ring (bicyclic) bond motifs is 1. The van der Waals surface area contributed by atoms with Gasteiger partial charge in [0, 0.05) is 32.4 Å². The maximum Gasteiger partial charge on any atom is 0.315 e. The number of carboxylic acid groups (broad SMARTS) is 1. The van der Waals surface area contributed by atoms with Crippen molar-refractivity contribution in [2.75, 3.05) is 5.70 Å². The molecule has 0 aromatic rings. The molecule has 2 heterocycles. The van der Waals surface area contributed by atoms with Crippen LogP contribution in [0.3, 0.4) is 0 Å². The van der Waals surface area contributed by atoms with E-state index in [1.807, 2.05) is 0 Å². The molecule has 0 bridgehead atoms. The highest BCUT2D eigenvalue weighted by Crippen LogP contribution is 2.33. The fraction of sp³-hybridized carbons (Fsp3) is 0.800. The highest BCUT2D eigenvalue weighted by atomic mass is 32.2. The third kappa shape index (κ3) is 2.61. The van der Waals surface area contributed by atoms with Crippen LogP contribution in [0.5, 0.6) is 0 Å². The van der Waals surface area contributed by atoms with E-state index in [0.29, 0.717) is 0 Å². The molecule has 0 aromatic heterocycles. The molecule has 0 spiro atoms. The van der Waals surface area contributed by atoms with Crippen LogP contribution in [0.4, 0.5) is 4.79 Å². The molecule has 3 atom stereocenters. The van der Waals surface area contributed by atoms with E-state index in [9.17, 15) is 9.59 Å². The van der Waals surface area contributed by atoms with Gasteiger partial charge in [-0.1, -0.05) is 6.37 Å². The number of urea groups is 1. The Bertz CT molecular complexity index is 840. The predicted molar refractivity (Wildman–Crippen MR) is 61.6 cm³/mol. The lowest BCUT2D eigenvalue weighted by Gasteiger charge is -2.16. The smallest absolute Gasteiger partial charge is 0.315 e. The normalized spacial score (nSPS) is 67.5. The Labute approximate surface area is 120 Å². The van der Waals surface area contributed by atoms with Crippen LogP contribution < -0.4 is 10.6 Å². The number of carbonyl (C=O) groups is 2. The fourth-order valence-corrected chi connectivity index (χ4v) is 1.64. The van der Waals surface area contributed by atoms with E-state index in [4.69, 9.17) is 25.8 Å². The largest absolute Gasteiger partial charge is 0.481 e. The van der Waals surface area contributed by atoms with Crippen molar-refractivity contribution in [2.24, 2.45) is 0 Å². The molecule has 0 aliphatic carbocycles. The molecular weight excluding hydrogens is 228 g/mol. The summed E-state index contributed by atoms with van der Waals surface area (Å²) in [6.45, 7) is 0. The van der Waals surface area contributed by atoms with E-state index in [1.165, 1.54) is 0 Å². The average molecular weight is 259 g/mol. The number of carboxylic acids is 1. The molecule has 2 aliphatic rings. The number of hydrogen-bond acceptors (Lipinski definition) is 3. The summed E-state index contributed by atoms with van der Waals surface area (Å²) < 4.78 is 119. The Kier molecular flexibility index (Phi) is 0.958. The molecule has 90 valence electrons. The van der Waals surface area contributed by atoms with Gasteiger partial charge in [0.2, 0.25) is 0 Å². The summed E-state index contributed by atoms with van der Waals surface area (Å²) in [7, 11) is 0. The van der Waals surface area contributed by atoms with E-state index in [-0.39, 0.29) is 0 Å². The molecule has 16 heavy (non-hydrogen) atoms. The Morgan fingerprint density at radius 1 is 1.75 bits per heavy atom. The van der Waals surface area contributed by atoms with Crippen LogP contribution in [0.1, 0.15) is 43.3 Å². The van der Waals surface area contributed by atoms with Crippen LogP contribution >= 0.6 is 11.8 Å². The van der Waals surface area contributed by atoms with Crippen LogP contribution in [-0.2, 0) is 4.79 Å². The summed E-state index contributed by atoms with van der Waals surface area (Å²) in [5.41, 5.74) is -3.34. The first-order chi connectivity index (χ1) is 13.4. The first kappa shape index (κ1) is 3.10. The number of amides is 2. The second-order valence-corrected chi connectivity index (χ2v) is 3.36. The van der Waals surface area contributed by atoms with Crippen molar-refractivity contribution in [3.05, 3.63) is 0 Å². The lowest BCUT2D eigenvalue weighted by atomic mass is 10.0. The molecule has 6 heteroatoms. The van der Waals surface area contributed by atoms with Gasteiger partial charge in [-0.25, -0.2) is 4.79 Å². The van der Waals surface area contributed by atoms with Crippen LogP contribution in [0.15, 0.2) is 0 Å². The number of rotatable bonds is 5. The molecule has 2 saturated heterocycles. The SMILES string of the molecule is [2H]N1C(=O)N([2H])[C@@]2([2H])C([2H])([2H])S[C@@]([2H])(C([2H])([2H])C([2H])([2H])C([2H])([2H])C([2H])([2H])C(=O)O)[C@@]12[2H]. The van der Waals surface area contributed by atoms with Gasteiger partial charge in [0.1, 0.15) is 0 Å². The minimum atomic E-state index is -4.30. The molecular formula is C10H16N2O3S. The van der Waals surface area contributed by atoms with Crippen molar-refractivity contribution < 1.29 is 35.3 Å². The van der Waals surface area contributed by atoms with Crippen LogP contribution in [0.2, 0.25) is 2.82 Å². The summed E-state index contributed by atoms with van der Waals surface area (Å²) in [6, 6.07) is -8.98. The van der Waals surface area contributed by atoms with E-state index in [1.54, 1.807) is 0 Å². The van der Waals surface area contributed by atoms with Gasteiger partial charge in [0.25, 0.3) is 0 Å². The molecule has 2 fully saturated rings. The van der Waals surface area contributed by atoms with Gasteiger partial charge in [0.05, 0.1) is 14.8 Å². The average Bonchev–Trinajstić information content (AvgIpc) is 2.83. The van der Waals surface area contributed by atoms with Gasteiger partial charge >= 0.3 is 12.0 Å². The molecule has 0 radical (unpaired) electrons. The number of nitrogens with one attached hydrogen (secondary N) is 2. The molecule has 3 N–H and O–H groups in total. The van der Waals surface area contributed by atoms with Gasteiger partial charge in [-0.3, -0.25) is 4.79 Å². The maximum absolute atomic E-state index is 12.1. The van der Waals surface area contributed by atoms with E-state index >= 15 is 0 Å². The van der Waals surface area contributed by atoms with Crippen molar-refractivity contribution in [1.82, 2.24) is 10.6 Å². The Morgan fingerprint density at radius 2 is 2.56 bits per heavy atom. The van der Waals surface area contributed by atoms with Crippen molar-refractivity contribution >= 4 is 23.8 Å². The van der Waals surface area contributed by atoms with E-state index < -0.39 is 82.8 Å². The first-order valence-corrected chi connectivity index (χ1v) is 4.75. The lowest BCUT2D eigenvalue weighted by Crippen LogP contribution is -2.36. The Balaban J connectivity index is 2.85. The zero-order valence-corrected chi connectivity index (χ0v) is 8.38. The summed E-state index contributed by atoms with van der Waals surface area (Å²) in [5.74, 6) is -2.52. The fourth-order valence-electron chi connectivity index (χ4n) is 0.957. The number of aliphatic carboxylic acids is 1. The quantitative estimate of drug-likeness (QED) is 0.638. The molecule has 2 rings (SSSR count). The third-order valence-electron chi connectivity index (χ3n) is 1.51. The standard InChI is InChI=1S/C10H16N2O3S/c13-8(14)4-2-1-3-7-9-6(5-16-7)11-10(15)12-9/h6-7,9H,1-5H2,(H,13,14)(H2,11,12,15)/t6-,7-,9-/m0/s1/i1D2,2D2,3D2,4D2,5D2,6D,7D,9D/hD2. The molecule has 0 saturated carbocycles. The third-order valence-corrected chi connectivity index (χ3v) is 2.31. The molecule has 5 nitrogen and oxygen atoms in total. The maximum atomic E-state index is 12.1. The zero-order chi connectivity index (χ0) is 25.0. The van der Waals surface area contributed by atoms with Crippen molar-refractivity contribution in [2.45, 2.75) is 42.8 Å².